The molecule has 3 aliphatic rings. The molecule has 2 unspecified atom stereocenters. The lowest BCUT2D eigenvalue weighted by Gasteiger charge is -2.60. The summed E-state index contributed by atoms with van der Waals surface area (Å²) in [7, 11) is 0. The topological polar surface area (TPSA) is 129 Å². The maximum absolute atomic E-state index is 13.5. The predicted octanol–water partition coefficient (Wildman–Crippen LogP) is 6.46. The fourth-order valence-electron chi connectivity index (χ4n) is 7.90. The minimum absolute atomic E-state index is 0.0125. The van der Waals surface area contributed by atoms with Crippen molar-refractivity contribution in [3.05, 3.63) is 36.5 Å². The molecule has 1 aliphatic heterocycles. The van der Waals surface area contributed by atoms with Crippen molar-refractivity contribution in [3.8, 4) is 0 Å². The molecule has 2 N–H and O–H groups in total. The molecular weight excluding hydrogens is 576 g/mol. The fourth-order valence-corrected chi connectivity index (χ4v) is 7.90. The van der Waals surface area contributed by atoms with Crippen LogP contribution in [0.15, 0.2) is 36.5 Å². The van der Waals surface area contributed by atoms with Crippen LogP contribution >= 0.6 is 0 Å². The highest BCUT2D eigenvalue weighted by Crippen LogP contribution is 2.67. The molecule has 254 valence electrons. The van der Waals surface area contributed by atoms with Crippen LogP contribution in [-0.4, -0.2) is 59.0 Å². The molecule has 1 spiro atoms. The van der Waals surface area contributed by atoms with Crippen molar-refractivity contribution < 1.29 is 43.5 Å². The van der Waals surface area contributed by atoms with E-state index in [0.717, 1.165) is 24.8 Å². The number of carbonyl (C=O) groups is 3. The van der Waals surface area contributed by atoms with Gasteiger partial charge >= 0.3 is 17.9 Å². The van der Waals surface area contributed by atoms with Gasteiger partial charge in [-0.15, -0.1) is 0 Å². The maximum atomic E-state index is 13.5. The Labute approximate surface area is 269 Å². The molecule has 2 fully saturated rings. The van der Waals surface area contributed by atoms with Crippen molar-refractivity contribution in [2.24, 2.45) is 22.7 Å². The molecule has 3 rings (SSSR count). The van der Waals surface area contributed by atoms with E-state index in [4.69, 9.17) is 18.9 Å². The quantitative estimate of drug-likeness (QED) is 0.0610. The Morgan fingerprint density at radius 2 is 1.71 bits per heavy atom. The Morgan fingerprint density at radius 3 is 2.33 bits per heavy atom. The van der Waals surface area contributed by atoms with E-state index in [1.54, 1.807) is 12.2 Å². The summed E-state index contributed by atoms with van der Waals surface area (Å²) in [4.78, 5) is 38.1. The van der Waals surface area contributed by atoms with E-state index in [2.05, 4.69) is 33.9 Å². The zero-order chi connectivity index (χ0) is 33.4. The van der Waals surface area contributed by atoms with Crippen LogP contribution in [0.3, 0.4) is 0 Å². The molecule has 0 aromatic heterocycles. The van der Waals surface area contributed by atoms with Gasteiger partial charge in [-0.3, -0.25) is 19.1 Å². The first kappa shape index (κ1) is 37.0. The van der Waals surface area contributed by atoms with Gasteiger partial charge in [0.05, 0.1) is 18.6 Å². The van der Waals surface area contributed by atoms with Crippen molar-refractivity contribution in [1.29, 1.82) is 0 Å². The monoisotopic (exact) mass is 632 g/mol. The molecule has 1 heterocycles. The first-order valence-electron chi connectivity index (χ1n) is 16.9. The van der Waals surface area contributed by atoms with Crippen LogP contribution in [0.25, 0.3) is 0 Å². The highest BCUT2D eigenvalue weighted by atomic mass is 16.8. The van der Waals surface area contributed by atoms with E-state index in [9.17, 15) is 24.6 Å². The van der Waals surface area contributed by atoms with Crippen LogP contribution in [0, 0.1) is 22.7 Å². The number of allylic oxidation sites excluding steroid dienone is 2. The lowest BCUT2D eigenvalue weighted by Crippen LogP contribution is -2.63. The summed E-state index contributed by atoms with van der Waals surface area (Å²) in [5, 5.41) is 21.9. The van der Waals surface area contributed by atoms with Crippen LogP contribution in [-0.2, 0) is 33.3 Å². The number of carbonyl (C=O) groups excluding carboxylic acids is 3. The lowest BCUT2D eigenvalue weighted by atomic mass is 9.45. The molecular formula is C36H56O9. The van der Waals surface area contributed by atoms with Gasteiger partial charge in [-0.05, 0) is 55.4 Å². The summed E-state index contributed by atoms with van der Waals surface area (Å²) >= 11 is 0. The molecule has 0 amide bonds. The third kappa shape index (κ3) is 8.66. The van der Waals surface area contributed by atoms with E-state index in [1.165, 1.54) is 39.5 Å². The third-order valence-electron chi connectivity index (χ3n) is 10.5. The smallest absolute Gasteiger partial charge is 0.308 e. The number of hydrogen-bond donors (Lipinski definition) is 2. The molecule has 45 heavy (non-hydrogen) atoms. The first-order valence-corrected chi connectivity index (χ1v) is 16.9. The van der Waals surface area contributed by atoms with Gasteiger partial charge in [0, 0.05) is 19.4 Å². The second-order valence-corrected chi connectivity index (χ2v) is 13.7. The largest absolute Gasteiger partial charge is 0.461 e. The minimum atomic E-state index is -1.23. The van der Waals surface area contributed by atoms with Crippen molar-refractivity contribution in [3.63, 3.8) is 0 Å². The number of rotatable bonds is 17. The van der Waals surface area contributed by atoms with Gasteiger partial charge < -0.3 is 24.4 Å². The Bertz CT molecular complexity index is 1100. The number of ether oxygens (including phenoxy) is 4. The normalized spacial score (nSPS) is 32.8. The second kappa shape index (κ2) is 16.4. The van der Waals surface area contributed by atoms with Crippen LogP contribution in [0.4, 0.5) is 0 Å². The highest BCUT2D eigenvalue weighted by Gasteiger charge is 2.72. The minimum Gasteiger partial charge on any atom is -0.461 e. The standard InChI is InChI=1S/C36H56O9/c1-8-10-11-12-13-14-15-16-27(39)22-32(41)44-31-19-24(4)35(7,18-17-23(3)9-2)30-21-28(40)20-29-33(42-25(5)37)45-34(36(29,30)31)43-26(6)38/h9,20,24,27-28,30-31,33-34,39-40H,2-3,8,10-19,21-22H2,1,4-7H3/t24-,27?,28+,30+,31-,33+,34-,35-,36?/m1/s1. The van der Waals surface area contributed by atoms with Crippen molar-refractivity contribution in [2.45, 2.75) is 149 Å². The molecule has 9 atom stereocenters. The van der Waals surface area contributed by atoms with Gasteiger partial charge in [0.2, 0.25) is 12.6 Å². The van der Waals surface area contributed by atoms with Crippen LogP contribution in [0.2, 0.25) is 0 Å². The summed E-state index contributed by atoms with van der Waals surface area (Å²) in [5.41, 5.74) is -0.348. The maximum Gasteiger partial charge on any atom is 0.308 e. The summed E-state index contributed by atoms with van der Waals surface area (Å²) in [6, 6.07) is 0. The van der Waals surface area contributed by atoms with Gasteiger partial charge in [-0.2, -0.15) is 0 Å². The number of aliphatic hydroxyl groups excluding tert-OH is 2. The summed E-state index contributed by atoms with van der Waals surface area (Å²) in [6.45, 7) is 16.9. The van der Waals surface area contributed by atoms with Crippen molar-refractivity contribution in [1.82, 2.24) is 0 Å². The number of esters is 3. The summed E-state index contributed by atoms with van der Waals surface area (Å²) in [6.07, 6.45) is 8.52. The number of unbranched alkanes of at least 4 members (excludes halogenated alkanes) is 6. The molecule has 1 saturated heterocycles. The lowest BCUT2D eigenvalue weighted by molar-refractivity contribution is -0.258. The average molecular weight is 633 g/mol. The van der Waals surface area contributed by atoms with E-state index < -0.39 is 59.6 Å². The van der Waals surface area contributed by atoms with Gasteiger partial charge in [0.15, 0.2) is 0 Å². The van der Waals surface area contributed by atoms with E-state index >= 15 is 0 Å². The third-order valence-corrected chi connectivity index (χ3v) is 10.5. The Kier molecular flexibility index (Phi) is 13.4. The Balaban J connectivity index is 1.93. The molecule has 2 aliphatic carbocycles. The average Bonchev–Trinajstić information content (AvgIpc) is 3.25. The van der Waals surface area contributed by atoms with Crippen molar-refractivity contribution >= 4 is 17.9 Å². The first-order chi connectivity index (χ1) is 21.3. The molecule has 0 bridgehead atoms. The second-order valence-electron chi connectivity index (χ2n) is 13.7. The Hall–Kier alpha value is -2.49. The van der Waals surface area contributed by atoms with Crippen LogP contribution in [0.1, 0.15) is 118 Å². The summed E-state index contributed by atoms with van der Waals surface area (Å²) in [5.74, 6) is -2.13. The molecule has 9 nitrogen and oxygen atoms in total. The van der Waals surface area contributed by atoms with E-state index in [1.807, 2.05) is 0 Å². The molecule has 0 aromatic carbocycles. The zero-order valence-electron chi connectivity index (χ0n) is 28.1. The van der Waals surface area contributed by atoms with Crippen molar-refractivity contribution in [2.75, 3.05) is 0 Å². The predicted molar refractivity (Wildman–Crippen MR) is 170 cm³/mol. The molecule has 9 heteroatoms. The Morgan fingerprint density at radius 1 is 1.07 bits per heavy atom. The SMILES string of the molecule is C=CC(=C)CC[C@]1(C)[C@H](C)C[C@@H](OC(=O)CC(O)CCCCCCCCC)C23C(=C[C@H](O)C[C@H]21)[C@@H](OC(C)=O)O[C@H]3OC(C)=O. The number of aliphatic hydroxyl groups is 2. The van der Waals surface area contributed by atoms with Gasteiger partial charge in [-0.25, -0.2) is 0 Å². The van der Waals surface area contributed by atoms with Crippen LogP contribution in [0.5, 0.6) is 0 Å². The zero-order valence-corrected chi connectivity index (χ0v) is 28.1. The molecule has 0 radical (unpaired) electrons. The van der Waals surface area contributed by atoms with Gasteiger partial charge in [-0.1, -0.05) is 90.5 Å². The van der Waals surface area contributed by atoms with Crippen LogP contribution < -0.4 is 0 Å². The highest BCUT2D eigenvalue weighted by molar-refractivity contribution is 5.71. The molecule has 1 saturated carbocycles. The van der Waals surface area contributed by atoms with E-state index in [0.29, 0.717) is 37.7 Å². The summed E-state index contributed by atoms with van der Waals surface area (Å²) < 4.78 is 23.8. The van der Waals surface area contributed by atoms with Gasteiger partial charge in [0.25, 0.3) is 0 Å². The van der Waals surface area contributed by atoms with E-state index in [-0.39, 0.29) is 18.3 Å². The molecule has 0 aromatic rings. The van der Waals surface area contributed by atoms with Gasteiger partial charge in [0.1, 0.15) is 11.5 Å². The number of hydrogen-bond acceptors (Lipinski definition) is 9. The fraction of sp³-hybridized carbons (Fsp3) is 0.750.